The lowest BCUT2D eigenvalue weighted by molar-refractivity contribution is -0.130. The molecule has 1 aromatic carbocycles. The number of rotatable bonds is 3. The third kappa shape index (κ3) is 2.30. The van der Waals surface area contributed by atoms with Gasteiger partial charge in [-0.1, -0.05) is 22.5 Å². The highest BCUT2D eigenvalue weighted by atomic mass is 79.9. The Morgan fingerprint density at radius 2 is 2.13 bits per heavy atom. The molecule has 1 aromatic rings. The van der Waals surface area contributed by atoms with Crippen molar-refractivity contribution in [3.05, 3.63) is 28.7 Å². The summed E-state index contributed by atoms with van der Waals surface area (Å²) in [5, 5.41) is 18.2. The van der Waals surface area contributed by atoms with Crippen molar-refractivity contribution >= 4 is 27.5 Å². The smallest absolute Gasteiger partial charge is 0.335 e. The molecule has 0 saturated carbocycles. The van der Waals surface area contributed by atoms with Gasteiger partial charge >= 0.3 is 5.97 Å². The number of methoxy groups -OCH3 is 1. The number of phenols is 1. The third-order valence-electron chi connectivity index (χ3n) is 1.85. The first kappa shape index (κ1) is 11.6. The van der Waals surface area contributed by atoms with Crippen LogP contribution in [-0.4, -0.2) is 23.3 Å². The van der Waals surface area contributed by atoms with Crippen molar-refractivity contribution in [2.24, 2.45) is 0 Å². The molecule has 4 nitrogen and oxygen atoms in total. The van der Waals surface area contributed by atoms with Crippen LogP contribution in [0.15, 0.2) is 23.2 Å². The summed E-state index contributed by atoms with van der Waals surface area (Å²) in [6.07, 6.45) is 0. The monoisotopic (exact) mass is 272 g/mol. The van der Waals surface area contributed by atoms with E-state index >= 15 is 0 Å². The van der Waals surface area contributed by atoms with Crippen LogP contribution in [-0.2, 0) is 4.79 Å². The van der Waals surface area contributed by atoms with E-state index in [1.165, 1.54) is 19.2 Å². The minimum absolute atomic E-state index is 0.0636. The van der Waals surface area contributed by atoms with Crippen molar-refractivity contribution in [2.45, 2.75) is 0 Å². The highest BCUT2D eigenvalue weighted by Crippen LogP contribution is 2.35. The van der Waals surface area contributed by atoms with Crippen LogP contribution in [0.4, 0.5) is 0 Å². The van der Waals surface area contributed by atoms with Crippen LogP contribution >= 0.6 is 15.9 Å². The van der Waals surface area contributed by atoms with Crippen LogP contribution in [0.3, 0.4) is 0 Å². The molecule has 0 aliphatic carbocycles. The molecule has 0 spiro atoms. The zero-order chi connectivity index (χ0) is 11.6. The molecule has 0 atom stereocenters. The van der Waals surface area contributed by atoms with E-state index in [1.54, 1.807) is 0 Å². The first-order valence-corrected chi connectivity index (χ1v) is 4.75. The molecule has 0 saturated heterocycles. The van der Waals surface area contributed by atoms with Gasteiger partial charge in [0, 0.05) is 10.0 Å². The molecule has 0 aliphatic rings. The van der Waals surface area contributed by atoms with Gasteiger partial charge in [-0.15, -0.1) is 0 Å². The van der Waals surface area contributed by atoms with Crippen LogP contribution in [0.1, 0.15) is 5.56 Å². The van der Waals surface area contributed by atoms with Gasteiger partial charge < -0.3 is 14.9 Å². The summed E-state index contributed by atoms with van der Waals surface area (Å²) in [6, 6.07) is 2.78. The summed E-state index contributed by atoms with van der Waals surface area (Å²) in [5.74, 6) is -0.981. The Hall–Kier alpha value is -1.49. The van der Waals surface area contributed by atoms with Crippen LogP contribution in [0.25, 0.3) is 5.57 Å². The van der Waals surface area contributed by atoms with Crippen molar-refractivity contribution in [3.63, 3.8) is 0 Å². The van der Waals surface area contributed by atoms with E-state index < -0.39 is 5.97 Å². The Balaban J connectivity index is 3.30. The van der Waals surface area contributed by atoms with E-state index in [0.717, 1.165) is 0 Å². The molecule has 0 unspecified atom stereocenters. The Morgan fingerprint density at radius 3 is 2.60 bits per heavy atom. The lowest BCUT2D eigenvalue weighted by Crippen LogP contribution is -1.99. The standard InChI is InChI=1S/C10H9BrO4/c1-5(10(13)14)6-3-9(15-2)8(12)4-7(6)11/h3-4,12H,1H2,2H3,(H,13,14). The molecule has 5 heteroatoms. The van der Waals surface area contributed by atoms with Gasteiger partial charge in [0.05, 0.1) is 12.7 Å². The van der Waals surface area contributed by atoms with E-state index in [9.17, 15) is 9.90 Å². The Morgan fingerprint density at radius 1 is 1.53 bits per heavy atom. The lowest BCUT2D eigenvalue weighted by atomic mass is 10.1. The molecule has 1 rings (SSSR count). The molecule has 0 heterocycles. The summed E-state index contributed by atoms with van der Waals surface area (Å²) in [5.41, 5.74) is 0.303. The summed E-state index contributed by atoms with van der Waals surface area (Å²) in [6.45, 7) is 3.42. The predicted molar refractivity (Wildman–Crippen MR) is 59.0 cm³/mol. The molecule has 0 aliphatic heterocycles. The number of aliphatic carboxylic acids is 1. The second-order valence-corrected chi connectivity index (χ2v) is 3.64. The largest absolute Gasteiger partial charge is 0.504 e. The van der Waals surface area contributed by atoms with Gasteiger partial charge in [0.2, 0.25) is 0 Å². The summed E-state index contributed by atoms with van der Waals surface area (Å²) < 4.78 is 5.32. The van der Waals surface area contributed by atoms with Crippen molar-refractivity contribution in [1.82, 2.24) is 0 Å². The van der Waals surface area contributed by atoms with E-state index in [-0.39, 0.29) is 17.1 Å². The molecular weight excluding hydrogens is 264 g/mol. The fourth-order valence-electron chi connectivity index (χ4n) is 1.05. The SMILES string of the molecule is C=C(C(=O)O)c1cc(OC)c(O)cc1Br. The van der Waals surface area contributed by atoms with Gasteiger partial charge in [-0.05, 0) is 12.1 Å². The maximum absolute atomic E-state index is 10.7. The number of ether oxygens (including phenoxy) is 1. The molecule has 0 fully saturated rings. The maximum atomic E-state index is 10.7. The first-order valence-electron chi connectivity index (χ1n) is 3.96. The van der Waals surface area contributed by atoms with E-state index in [1.807, 2.05) is 0 Å². The van der Waals surface area contributed by atoms with Gasteiger partial charge in [0.25, 0.3) is 0 Å². The molecule has 0 aromatic heterocycles. The van der Waals surface area contributed by atoms with E-state index in [2.05, 4.69) is 22.5 Å². The minimum atomic E-state index is -1.12. The predicted octanol–water partition coefficient (Wildman–Crippen LogP) is 2.26. The minimum Gasteiger partial charge on any atom is -0.504 e. The Bertz CT molecular complexity index is 426. The number of aromatic hydroxyl groups is 1. The van der Waals surface area contributed by atoms with E-state index in [0.29, 0.717) is 10.0 Å². The number of hydrogen-bond acceptors (Lipinski definition) is 3. The van der Waals surface area contributed by atoms with Gasteiger partial charge in [-0.25, -0.2) is 4.79 Å². The highest BCUT2D eigenvalue weighted by Gasteiger charge is 2.14. The van der Waals surface area contributed by atoms with Crippen LogP contribution < -0.4 is 4.74 Å². The molecule has 2 N–H and O–H groups in total. The Kier molecular flexibility index (Phi) is 3.36. The number of halogens is 1. The van der Waals surface area contributed by atoms with Crippen molar-refractivity contribution < 1.29 is 19.7 Å². The molecule has 0 bridgehead atoms. The van der Waals surface area contributed by atoms with Crippen molar-refractivity contribution in [2.75, 3.05) is 7.11 Å². The second kappa shape index (κ2) is 4.35. The number of hydrogen-bond donors (Lipinski definition) is 2. The van der Waals surface area contributed by atoms with Crippen LogP contribution in [0.5, 0.6) is 11.5 Å². The second-order valence-electron chi connectivity index (χ2n) is 2.79. The van der Waals surface area contributed by atoms with Gasteiger partial charge in [0.1, 0.15) is 0 Å². The zero-order valence-electron chi connectivity index (χ0n) is 7.95. The molecule has 15 heavy (non-hydrogen) atoms. The lowest BCUT2D eigenvalue weighted by Gasteiger charge is -2.08. The number of phenolic OH excluding ortho intramolecular Hbond substituents is 1. The average Bonchev–Trinajstić information content (AvgIpc) is 2.17. The van der Waals surface area contributed by atoms with Gasteiger partial charge in [-0.3, -0.25) is 0 Å². The topological polar surface area (TPSA) is 66.8 Å². The first-order chi connectivity index (χ1) is 6.97. The maximum Gasteiger partial charge on any atom is 0.335 e. The third-order valence-corrected chi connectivity index (χ3v) is 2.51. The van der Waals surface area contributed by atoms with Crippen LogP contribution in [0, 0.1) is 0 Å². The van der Waals surface area contributed by atoms with Crippen LogP contribution in [0.2, 0.25) is 0 Å². The molecular formula is C10H9BrO4. The van der Waals surface area contributed by atoms with Gasteiger partial charge in [-0.2, -0.15) is 0 Å². The average molecular weight is 273 g/mol. The fraction of sp³-hybridized carbons (Fsp3) is 0.100. The fourth-order valence-corrected chi connectivity index (χ4v) is 1.62. The quantitative estimate of drug-likeness (QED) is 0.829. The summed E-state index contributed by atoms with van der Waals surface area (Å²) in [4.78, 5) is 10.7. The normalized spacial score (nSPS) is 9.73. The molecule has 0 amide bonds. The summed E-state index contributed by atoms with van der Waals surface area (Å²) in [7, 11) is 1.39. The number of carboxylic acids is 1. The number of carbonyl (C=O) groups is 1. The number of carboxylic acid groups (broad SMARTS) is 1. The molecule has 80 valence electrons. The summed E-state index contributed by atoms with van der Waals surface area (Å²) >= 11 is 3.14. The van der Waals surface area contributed by atoms with Crippen molar-refractivity contribution in [1.29, 1.82) is 0 Å². The zero-order valence-corrected chi connectivity index (χ0v) is 9.54. The Labute approximate surface area is 94.9 Å². The number of benzene rings is 1. The van der Waals surface area contributed by atoms with Crippen molar-refractivity contribution in [3.8, 4) is 11.5 Å². The van der Waals surface area contributed by atoms with Gasteiger partial charge in [0.15, 0.2) is 11.5 Å². The molecule has 0 radical (unpaired) electrons. The highest BCUT2D eigenvalue weighted by molar-refractivity contribution is 9.10. The van der Waals surface area contributed by atoms with E-state index in [4.69, 9.17) is 9.84 Å².